The maximum Gasteiger partial charge on any atom is 0.357 e. The Hall–Kier alpha value is -2.66. The zero-order valence-electron chi connectivity index (χ0n) is 18.0. The van der Waals surface area contributed by atoms with E-state index in [0.29, 0.717) is 5.02 Å². The number of nitrogens with one attached hydrogen (secondary N) is 1. The molecule has 0 radical (unpaired) electrons. The van der Waals surface area contributed by atoms with E-state index in [1.165, 1.54) is 43.5 Å². The molecule has 2 bridgehead atoms. The summed E-state index contributed by atoms with van der Waals surface area (Å²) in [6.45, 7) is 3.37. The molecule has 4 nitrogen and oxygen atoms in total. The molecule has 0 aliphatic carbocycles. The standard InChI is InChI=1S/C27H27ClN3O/c28-21-11-14-23-24(17-21)31(26(25(23)27(31)32)20-7-3-1-4-8-20)29-22-12-9-19(10-13-22)18-30-15-5-2-6-16-30/h1,3-4,7-14,17,25-26,29H,2,5-6,15-16,18H2/q+1. The molecule has 162 valence electrons. The summed E-state index contributed by atoms with van der Waals surface area (Å²) in [4.78, 5) is 16.0. The van der Waals surface area contributed by atoms with Crippen LogP contribution in [-0.2, 0) is 11.3 Å². The highest BCUT2D eigenvalue weighted by Gasteiger charge is 2.74. The number of benzene rings is 3. The van der Waals surface area contributed by atoms with Crippen molar-refractivity contribution >= 4 is 28.9 Å². The summed E-state index contributed by atoms with van der Waals surface area (Å²) in [5.41, 5.74) is 9.10. The Morgan fingerprint density at radius 2 is 1.69 bits per heavy atom. The van der Waals surface area contributed by atoms with Crippen LogP contribution in [0.25, 0.3) is 0 Å². The molecular weight excluding hydrogens is 418 g/mol. The molecule has 3 aromatic carbocycles. The van der Waals surface area contributed by atoms with Gasteiger partial charge in [0.25, 0.3) is 0 Å². The fraction of sp³-hybridized carbons (Fsp3) is 0.296. The van der Waals surface area contributed by atoms with Gasteiger partial charge in [-0.05, 0) is 49.7 Å². The lowest BCUT2D eigenvalue weighted by atomic mass is 9.83. The third-order valence-electron chi connectivity index (χ3n) is 7.31. The van der Waals surface area contributed by atoms with Gasteiger partial charge in [-0.1, -0.05) is 66.6 Å². The molecule has 6 rings (SSSR count). The molecule has 3 aliphatic heterocycles. The average Bonchev–Trinajstić information content (AvgIpc) is 3.24. The molecule has 1 amide bonds. The predicted octanol–water partition coefficient (Wildman–Crippen LogP) is 6.04. The van der Waals surface area contributed by atoms with Crippen molar-refractivity contribution in [3.63, 3.8) is 0 Å². The van der Waals surface area contributed by atoms with Crippen LogP contribution >= 0.6 is 11.6 Å². The zero-order valence-corrected chi connectivity index (χ0v) is 18.8. The Labute approximate surface area is 194 Å². The molecule has 1 N–H and O–H groups in total. The number of quaternary nitrogens is 1. The van der Waals surface area contributed by atoms with E-state index in [9.17, 15) is 4.79 Å². The third kappa shape index (κ3) is 3.01. The van der Waals surface area contributed by atoms with Gasteiger partial charge in [-0.15, -0.1) is 4.59 Å². The molecule has 2 fully saturated rings. The van der Waals surface area contributed by atoms with Crippen LogP contribution in [0.4, 0.5) is 11.4 Å². The fourth-order valence-electron chi connectivity index (χ4n) is 5.81. The molecule has 3 atom stereocenters. The van der Waals surface area contributed by atoms with Gasteiger partial charge in [-0.2, -0.15) is 0 Å². The molecule has 5 heteroatoms. The average molecular weight is 445 g/mol. The van der Waals surface area contributed by atoms with Crippen molar-refractivity contribution in [2.75, 3.05) is 18.5 Å². The minimum Gasteiger partial charge on any atom is -0.299 e. The van der Waals surface area contributed by atoms with E-state index < -0.39 is 0 Å². The van der Waals surface area contributed by atoms with E-state index in [2.05, 4.69) is 46.7 Å². The smallest absolute Gasteiger partial charge is 0.299 e. The van der Waals surface area contributed by atoms with Gasteiger partial charge in [0.1, 0.15) is 0 Å². The molecule has 3 aliphatic rings. The molecule has 3 aromatic rings. The minimum atomic E-state index is -0.129. The maximum atomic E-state index is 13.5. The topological polar surface area (TPSA) is 32.3 Å². The predicted molar refractivity (Wildman–Crippen MR) is 129 cm³/mol. The second-order valence-electron chi connectivity index (χ2n) is 9.24. The number of β-lactam (4-membered cyclic amide) rings is 1. The van der Waals surface area contributed by atoms with Crippen LogP contribution in [0.15, 0.2) is 72.8 Å². The van der Waals surface area contributed by atoms with E-state index in [4.69, 9.17) is 11.6 Å². The molecule has 0 spiro atoms. The Balaban J connectivity index is 1.33. The molecule has 0 saturated carbocycles. The number of hydrogen-bond acceptors (Lipinski definition) is 3. The van der Waals surface area contributed by atoms with E-state index in [1.807, 2.05) is 36.4 Å². The van der Waals surface area contributed by atoms with Gasteiger partial charge >= 0.3 is 5.91 Å². The van der Waals surface area contributed by atoms with Gasteiger partial charge in [0, 0.05) is 28.8 Å². The summed E-state index contributed by atoms with van der Waals surface area (Å²) in [7, 11) is 0. The van der Waals surface area contributed by atoms with Gasteiger partial charge in [0.05, 0.1) is 5.69 Å². The van der Waals surface area contributed by atoms with Crippen LogP contribution in [0, 0.1) is 0 Å². The zero-order chi connectivity index (χ0) is 21.7. The number of hydrogen-bond donors (Lipinski definition) is 1. The number of anilines is 1. The molecular formula is C27H27ClN3O+. The first kappa shape index (κ1) is 20.0. The lowest BCUT2D eigenvalue weighted by molar-refractivity contribution is -0.143. The Morgan fingerprint density at radius 1 is 0.938 bits per heavy atom. The van der Waals surface area contributed by atoms with Crippen LogP contribution in [-0.4, -0.2) is 23.9 Å². The van der Waals surface area contributed by atoms with Crippen molar-refractivity contribution < 1.29 is 4.79 Å². The van der Waals surface area contributed by atoms with Crippen molar-refractivity contribution in [2.24, 2.45) is 0 Å². The highest BCUT2D eigenvalue weighted by Crippen LogP contribution is 2.64. The number of rotatable bonds is 5. The number of likely N-dealkylation sites (tertiary alicyclic amines) is 1. The van der Waals surface area contributed by atoms with Crippen LogP contribution < -0.4 is 10.0 Å². The minimum absolute atomic E-state index is 0.0187. The number of nitrogens with zero attached hydrogens (tertiary/aromatic N) is 2. The molecule has 3 heterocycles. The van der Waals surface area contributed by atoms with E-state index in [0.717, 1.165) is 23.5 Å². The molecule has 32 heavy (non-hydrogen) atoms. The number of amides is 1. The summed E-state index contributed by atoms with van der Waals surface area (Å²) in [5.74, 6) is 0.0593. The number of carbonyl (C=O) groups is 1. The Bertz CT molecular complexity index is 1160. The lowest BCUT2D eigenvalue weighted by Gasteiger charge is -2.45. The van der Waals surface area contributed by atoms with E-state index in [-0.39, 0.29) is 22.5 Å². The Kier molecular flexibility index (Phi) is 4.83. The van der Waals surface area contributed by atoms with E-state index >= 15 is 0 Å². The molecule has 2 saturated heterocycles. The third-order valence-corrected chi connectivity index (χ3v) is 7.54. The van der Waals surface area contributed by atoms with Crippen LogP contribution in [0.2, 0.25) is 5.02 Å². The summed E-state index contributed by atoms with van der Waals surface area (Å²) in [6, 6.07) is 24.8. The van der Waals surface area contributed by atoms with Crippen LogP contribution in [0.5, 0.6) is 0 Å². The van der Waals surface area contributed by atoms with Crippen molar-refractivity contribution in [1.29, 1.82) is 0 Å². The summed E-state index contributed by atoms with van der Waals surface area (Å²) in [5, 5.41) is 0.659. The quantitative estimate of drug-likeness (QED) is 0.384. The normalized spacial score (nSPS) is 26.5. The van der Waals surface area contributed by atoms with Crippen molar-refractivity contribution in [1.82, 2.24) is 9.49 Å². The largest absolute Gasteiger partial charge is 0.357 e. The molecule has 0 aromatic heterocycles. The first-order valence-corrected chi connectivity index (χ1v) is 11.9. The van der Waals surface area contributed by atoms with Gasteiger partial charge in [0.2, 0.25) is 0 Å². The number of halogens is 1. The summed E-state index contributed by atoms with van der Waals surface area (Å²) >= 11 is 6.37. The van der Waals surface area contributed by atoms with Crippen LogP contribution in [0.3, 0.4) is 0 Å². The highest BCUT2D eigenvalue weighted by molar-refractivity contribution is 6.31. The summed E-state index contributed by atoms with van der Waals surface area (Å²) < 4.78 is 0.107. The first-order valence-electron chi connectivity index (χ1n) is 11.5. The van der Waals surface area contributed by atoms with Gasteiger partial charge in [-0.3, -0.25) is 4.90 Å². The van der Waals surface area contributed by atoms with Crippen molar-refractivity contribution in [3.05, 3.63) is 94.5 Å². The Morgan fingerprint density at radius 3 is 2.44 bits per heavy atom. The second-order valence-corrected chi connectivity index (χ2v) is 9.68. The van der Waals surface area contributed by atoms with Gasteiger partial charge < -0.3 is 0 Å². The number of carbonyl (C=O) groups excluding carboxylic acids is 1. The van der Waals surface area contributed by atoms with Crippen molar-refractivity contribution in [2.45, 2.75) is 37.8 Å². The van der Waals surface area contributed by atoms with E-state index in [1.54, 1.807) is 0 Å². The summed E-state index contributed by atoms with van der Waals surface area (Å²) in [6.07, 6.45) is 3.94. The van der Waals surface area contributed by atoms with Crippen molar-refractivity contribution in [3.8, 4) is 0 Å². The van der Waals surface area contributed by atoms with Gasteiger partial charge in [-0.25, -0.2) is 10.2 Å². The fourth-order valence-corrected chi connectivity index (χ4v) is 5.97. The highest BCUT2D eigenvalue weighted by atomic mass is 35.5. The SMILES string of the molecule is O=C1C2c3ccc(Cl)cc3[N+]1(Nc1ccc(CN3CCCCC3)cc1)C2c1ccccc1. The number of piperidine rings is 1. The maximum absolute atomic E-state index is 13.5. The lowest BCUT2D eigenvalue weighted by Crippen LogP contribution is -2.68. The monoisotopic (exact) mass is 444 g/mol. The van der Waals surface area contributed by atoms with Crippen LogP contribution in [0.1, 0.15) is 47.9 Å². The van der Waals surface area contributed by atoms with Gasteiger partial charge in [0.15, 0.2) is 17.6 Å². The second kappa shape index (κ2) is 7.73. The molecule has 3 unspecified atom stereocenters. The first-order chi connectivity index (χ1) is 15.7. The number of fused-ring (bicyclic) bond motifs is 5.